The number of hydrogen-bond acceptors (Lipinski definition) is 3. The molecule has 0 heterocycles. The van der Waals surface area contributed by atoms with Crippen molar-refractivity contribution in [2.45, 2.75) is 26.7 Å². The van der Waals surface area contributed by atoms with Gasteiger partial charge in [-0.2, -0.15) is 0 Å². The summed E-state index contributed by atoms with van der Waals surface area (Å²) in [6.45, 7) is 4.01. The van der Waals surface area contributed by atoms with Gasteiger partial charge >= 0.3 is 0 Å². The SMILES string of the molecule is CCc1ccccc1[PH](=O)O[PH](=O)c1ccccc1CC. The van der Waals surface area contributed by atoms with Gasteiger partial charge in [0.25, 0.3) is 0 Å². The highest BCUT2D eigenvalue weighted by molar-refractivity contribution is 7.61. The molecule has 0 bridgehead atoms. The van der Waals surface area contributed by atoms with Crippen LogP contribution in [0.1, 0.15) is 25.0 Å². The molecule has 0 aliphatic carbocycles. The average Bonchev–Trinajstić information content (AvgIpc) is 2.54. The van der Waals surface area contributed by atoms with E-state index < -0.39 is 16.1 Å². The monoisotopic (exact) mass is 322 g/mol. The summed E-state index contributed by atoms with van der Waals surface area (Å²) in [5.41, 5.74) is 1.97. The van der Waals surface area contributed by atoms with E-state index in [1.807, 2.05) is 50.2 Å². The second-order valence-electron chi connectivity index (χ2n) is 4.70. The Labute approximate surface area is 127 Å². The summed E-state index contributed by atoms with van der Waals surface area (Å²) in [4.78, 5) is 0. The molecule has 0 saturated heterocycles. The zero-order valence-corrected chi connectivity index (χ0v) is 14.3. The lowest BCUT2D eigenvalue weighted by molar-refractivity contribution is 0.501. The Bertz CT molecular complexity index is 611. The zero-order chi connectivity index (χ0) is 15.2. The lowest BCUT2D eigenvalue weighted by Gasteiger charge is -2.10. The number of benzene rings is 2. The third kappa shape index (κ3) is 3.95. The maximum atomic E-state index is 12.4. The van der Waals surface area contributed by atoms with E-state index in [0.29, 0.717) is 10.6 Å². The maximum Gasteiger partial charge on any atom is 0.226 e. The zero-order valence-electron chi connectivity index (χ0n) is 12.3. The van der Waals surface area contributed by atoms with Gasteiger partial charge < -0.3 is 0 Å². The van der Waals surface area contributed by atoms with Gasteiger partial charge in [-0.05, 0) is 36.1 Å². The molecule has 5 heteroatoms. The van der Waals surface area contributed by atoms with E-state index in [1.165, 1.54) is 0 Å². The van der Waals surface area contributed by atoms with Crippen molar-refractivity contribution in [3.63, 3.8) is 0 Å². The molecule has 2 aromatic carbocycles. The van der Waals surface area contributed by atoms with E-state index in [-0.39, 0.29) is 0 Å². The lowest BCUT2D eigenvalue weighted by Crippen LogP contribution is -2.07. The summed E-state index contributed by atoms with van der Waals surface area (Å²) in [5.74, 6) is 0. The van der Waals surface area contributed by atoms with Gasteiger partial charge in [-0.25, -0.2) is 0 Å². The van der Waals surface area contributed by atoms with Crippen molar-refractivity contribution in [3.8, 4) is 0 Å². The molecule has 112 valence electrons. The third-order valence-electron chi connectivity index (χ3n) is 3.42. The van der Waals surface area contributed by atoms with Crippen LogP contribution in [0.15, 0.2) is 48.5 Å². The fraction of sp³-hybridized carbons (Fsp3) is 0.250. The number of rotatable bonds is 6. The van der Waals surface area contributed by atoms with Crippen LogP contribution in [0.2, 0.25) is 0 Å². The highest BCUT2D eigenvalue weighted by Crippen LogP contribution is 2.38. The van der Waals surface area contributed by atoms with E-state index in [4.69, 9.17) is 4.31 Å². The standard InChI is InChI=1S/C16H20O3P2/c1-3-13-9-5-7-11-15(13)20(17)19-21(18)16-12-8-6-10-14(16)4-2/h5-12,20-21H,3-4H2,1-2H3. The summed E-state index contributed by atoms with van der Waals surface area (Å²) in [7, 11) is -4.99. The summed E-state index contributed by atoms with van der Waals surface area (Å²) in [5, 5.41) is 1.36. The van der Waals surface area contributed by atoms with Crippen molar-refractivity contribution in [1.29, 1.82) is 0 Å². The van der Waals surface area contributed by atoms with Gasteiger partial charge in [-0.15, -0.1) is 0 Å². The fourth-order valence-electron chi connectivity index (χ4n) is 2.25. The summed E-state index contributed by atoms with van der Waals surface area (Å²) >= 11 is 0. The first kappa shape index (κ1) is 16.2. The molecule has 0 N–H and O–H groups in total. The minimum absolute atomic E-state index is 0.678. The van der Waals surface area contributed by atoms with Crippen LogP contribution in [0.3, 0.4) is 0 Å². The fourth-order valence-corrected chi connectivity index (χ4v) is 5.31. The molecular weight excluding hydrogens is 302 g/mol. The van der Waals surface area contributed by atoms with Crippen LogP contribution < -0.4 is 10.6 Å². The van der Waals surface area contributed by atoms with Gasteiger partial charge in [0.1, 0.15) is 0 Å². The van der Waals surface area contributed by atoms with Gasteiger partial charge in [0.05, 0.1) is 0 Å². The molecule has 0 saturated carbocycles. The van der Waals surface area contributed by atoms with Crippen LogP contribution in [-0.2, 0) is 26.3 Å². The molecule has 21 heavy (non-hydrogen) atoms. The second kappa shape index (κ2) is 7.75. The van der Waals surface area contributed by atoms with E-state index in [0.717, 1.165) is 24.0 Å². The molecule has 2 rings (SSSR count). The Morgan fingerprint density at radius 3 is 1.52 bits per heavy atom. The van der Waals surface area contributed by atoms with Crippen LogP contribution in [0.25, 0.3) is 0 Å². The Morgan fingerprint density at radius 1 is 0.762 bits per heavy atom. The first-order valence-corrected chi connectivity index (χ1v) is 9.73. The molecule has 3 nitrogen and oxygen atoms in total. The average molecular weight is 322 g/mol. The van der Waals surface area contributed by atoms with Crippen molar-refractivity contribution in [2.75, 3.05) is 0 Å². The van der Waals surface area contributed by atoms with Crippen LogP contribution >= 0.6 is 16.1 Å². The molecule has 0 aliphatic rings. The molecule has 0 radical (unpaired) electrons. The van der Waals surface area contributed by atoms with E-state index in [9.17, 15) is 9.13 Å². The van der Waals surface area contributed by atoms with Gasteiger partial charge in [0.15, 0.2) is 0 Å². The second-order valence-corrected chi connectivity index (χ2v) is 7.74. The van der Waals surface area contributed by atoms with E-state index in [1.54, 1.807) is 12.1 Å². The Kier molecular flexibility index (Phi) is 5.99. The van der Waals surface area contributed by atoms with Gasteiger partial charge in [-0.1, -0.05) is 50.2 Å². The predicted molar refractivity (Wildman–Crippen MR) is 90.0 cm³/mol. The normalized spacial score (nSPS) is 13.8. The van der Waals surface area contributed by atoms with Gasteiger partial charge in [0, 0.05) is 10.6 Å². The molecular formula is C16H20O3P2. The van der Waals surface area contributed by atoms with Gasteiger partial charge in [-0.3, -0.25) is 13.4 Å². The van der Waals surface area contributed by atoms with Crippen molar-refractivity contribution in [3.05, 3.63) is 59.7 Å². The summed E-state index contributed by atoms with van der Waals surface area (Å²) in [6, 6.07) is 14.9. The topological polar surface area (TPSA) is 43.4 Å². The largest absolute Gasteiger partial charge is 0.291 e. The smallest absolute Gasteiger partial charge is 0.226 e. The van der Waals surface area contributed by atoms with Gasteiger partial charge in [0.2, 0.25) is 16.1 Å². The summed E-state index contributed by atoms with van der Waals surface area (Å²) < 4.78 is 30.2. The molecule has 2 atom stereocenters. The minimum atomic E-state index is -2.50. The van der Waals surface area contributed by atoms with E-state index in [2.05, 4.69) is 0 Å². The highest BCUT2D eigenvalue weighted by atomic mass is 31.2. The van der Waals surface area contributed by atoms with Crippen LogP contribution in [0.5, 0.6) is 0 Å². The van der Waals surface area contributed by atoms with E-state index >= 15 is 0 Å². The number of aryl methyl sites for hydroxylation is 2. The van der Waals surface area contributed by atoms with Crippen molar-refractivity contribution in [2.24, 2.45) is 0 Å². The Hall–Kier alpha value is -1.14. The first-order chi connectivity index (χ1) is 10.2. The van der Waals surface area contributed by atoms with Crippen LogP contribution in [-0.4, -0.2) is 0 Å². The molecule has 0 amide bonds. The first-order valence-electron chi connectivity index (χ1n) is 7.09. The van der Waals surface area contributed by atoms with Crippen LogP contribution in [0.4, 0.5) is 0 Å². The Morgan fingerprint density at radius 2 is 1.14 bits per heavy atom. The quantitative estimate of drug-likeness (QED) is 0.761. The molecule has 0 spiro atoms. The highest BCUT2D eigenvalue weighted by Gasteiger charge is 2.15. The van der Waals surface area contributed by atoms with Crippen LogP contribution in [0, 0.1) is 0 Å². The van der Waals surface area contributed by atoms with Crippen molar-refractivity contribution >= 4 is 26.7 Å². The minimum Gasteiger partial charge on any atom is -0.291 e. The maximum absolute atomic E-state index is 12.4. The van der Waals surface area contributed by atoms with Crippen molar-refractivity contribution < 1.29 is 13.4 Å². The number of hydrogen-bond donors (Lipinski definition) is 0. The lowest BCUT2D eigenvalue weighted by atomic mass is 10.2. The molecule has 2 unspecified atom stereocenters. The predicted octanol–water partition coefficient (Wildman–Crippen LogP) is 3.73. The molecule has 0 aliphatic heterocycles. The van der Waals surface area contributed by atoms with Crippen molar-refractivity contribution in [1.82, 2.24) is 0 Å². The third-order valence-corrected chi connectivity index (χ3v) is 6.76. The molecule has 0 aromatic heterocycles. The summed E-state index contributed by atoms with van der Waals surface area (Å²) in [6.07, 6.45) is 1.56. The molecule has 0 fully saturated rings. The Balaban J connectivity index is 2.21. The molecule has 2 aromatic rings.